The summed E-state index contributed by atoms with van der Waals surface area (Å²) in [6, 6.07) is 9.08. The first-order valence-electron chi connectivity index (χ1n) is 11.8. The Morgan fingerprint density at radius 1 is 1.03 bits per heavy atom. The molecule has 5 nitrogen and oxygen atoms in total. The van der Waals surface area contributed by atoms with Crippen molar-refractivity contribution >= 4 is 20.9 Å². The number of aliphatic hydroxyl groups is 1. The van der Waals surface area contributed by atoms with Gasteiger partial charge in [-0.25, -0.2) is 12.4 Å². The maximum absolute atomic E-state index is 14.4. The molecule has 3 aromatic rings. The van der Waals surface area contributed by atoms with Crippen LogP contribution in [0.25, 0.3) is 10.9 Å². The first-order chi connectivity index (χ1) is 15.3. The smallest absolute Gasteiger partial charge is 0.268 e. The summed E-state index contributed by atoms with van der Waals surface area (Å²) >= 11 is 0. The zero-order chi connectivity index (χ0) is 24.5. The highest BCUT2D eigenvalue weighted by Crippen LogP contribution is 2.42. The Bertz CT molecular complexity index is 1300. The van der Waals surface area contributed by atoms with Crippen LogP contribution in [0.5, 0.6) is 0 Å². The van der Waals surface area contributed by atoms with Crippen molar-refractivity contribution in [3.8, 4) is 0 Å². The van der Waals surface area contributed by atoms with Crippen LogP contribution in [0.4, 0.5) is 0 Å². The highest BCUT2D eigenvalue weighted by atomic mass is 32.2. The molecule has 0 spiro atoms. The molecule has 1 heterocycles. The van der Waals surface area contributed by atoms with Crippen LogP contribution in [0.2, 0.25) is 0 Å². The van der Waals surface area contributed by atoms with Gasteiger partial charge >= 0.3 is 0 Å². The fourth-order valence-electron chi connectivity index (χ4n) is 5.03. The molecular formula is C27H36N2O3S. The first kappa shape index (κ1) is 24.0. The summed E-state index contributed by atoms with van der Waals surface area (Å²) in [7, 11) is -3.90. The van der Waals surface area contributed by atoms with Crippen LogP contribution in [-0.2, 0) is 22.0 Å². The molecule has 1 aromatic heterocycles. The second-order valence-corrected chi connectivity index (χ2v) is 12.4. The fraction of sp³-hybridized carbons (Fsp3) is 0.481. The van der Waals surface area contributed by atoms with Gasteiger partial charge in [0.2, 0.25) is 0 Å². The normalized spacial score (nSPS) is 21.0. The lowest BCUT2D eigenvalue weighted by molar-refractivity contribution is 0.0279. The molecule has 1 aliphatic carbocycles. The fourth-order valence-corrected chi connectivity index (χ4v) is 7.09. The van der Waals surface area contributed by atoms with Gasteiger partial charge in [0, 0.05) is 17.6 Å². The Labute approximate surface area is 197 Å². The molecule has 1 aliphatic rings. The maximum atomic E-state index is 14.4. The number of hydrogen-bond donors (Lipinski definition) is 2. The lowest BCUT2D eigenvalue weighted by Crippen LogP contribution is -2.46. The van der Waals surface area contributed by atoms with Crippen molar-refractivity contribution in [2.45, 2.75) is 89.2 Å². The van der Waals surface area contributed by atoms with E-state index in [9.17, 15) is 13.5 Å². The molecule has 0 saturated carbocycles. The van der Waals surface area contributed by atoms with Crippen LogP contribution in [0.15, 0.2) is 41.4 Å². The van der Waals surface area contributed by atoms with E-state index in [1.165, 1.54) is 3.97 Å². The Hall–Kier alpha value is -2.15. The van der Waals surface area contributed by atoms with Gasteiger partial charge in [-0.1, -0.05) is 65.8 Å². The lowest BCUT2D eigenvalue weighted by Gasteiger charge is -2.35. The predicted octanol–water partition coefficient (Wildman–Crippen LogP) is 5.34. The number of benzene rings is 2. The summed E-state index contributed by atoms with van der Waals surface area (Å²) < 4.78 is 30.1. The number of nitrogens with two attached hydrogens (primary N) is 1. The summed E-state index contributed by atoms with van der Waals surface area (Å²) in [5, 5.41) is 11.9. The van der Waals surface area contributed by atoms with Gasteiger partial charge < -0.3 is 10.8 Å². The van der Waals surface area contributed by atoms with Crippen molar-refractivity contribution in [3.05, 3.63) is 64.3 Å². The Morgan fingerprint density at radius 3 is 2.12 bits per heavy atom. The SMILES string of the molecule is CC(C)c1cc(C(C)C)c(S(=O)(=O)n2cc3c4c(cccc42)C(C)(O)C(N)C3)c(C(C)C)c1. The minimum Gasteiger partial charge on any atom is -0.384 e. The minimum atomic E-state index is -3.90. The minimum absolute atomic E-state index is 0.0488. The van der Waals surface area contributed by atoms with Crippen molar-refractivity contribution in [1.82, 2.24) is 3.97 Å². The van der Waals surface area contributed by atoms with Gasteiger partial charge in [-0.2, -0.15) is 0 Å². The average molecular weight is 469 g/mol. The number of rotatable bonds is 5. The number of nitrogens with zero attached hydrogens (tertiary/aromatic N) is 1. The largest absolute Gasteiger partial charge is 0.384 e. The second kappa shape index (κ2) is 7.97. The molecule has 33 heavy (non-hydrogen) atoms. The monoisotopic (exact) mass is 468 g/mol. The Morgan fingerprint density at radius 2 is 1.61 bits per heavy atom. The van der Waals surface area contributed by atoms with Crippen molar-refractivity contribution in [2.24, 2.45) is 5.73 Å². The van der Waals surface area contributed by atoms with E-state index in [-0.39, 0.29) is 11.8 Å². The molecule has 4 rings (SSSR count). The zero-order valence-corrected chi connectivity index (χ0v) is 21.5. The molecule has 0 radical (unpaired) electrons. The van der Waals surface area contributed by atoms with Crippen LogP contribution in [0.1, 0.15) is 94.0 Å². The van der Waals surface area contributed by atoms with Gasteiger partial charge in [0.1, 0.15) is 5.60 Å². The summed E-state index contributed by atoms with van der Waals surface area (Å²) in [6.45, 7) is 14.2. The van der Waals surface area contributed by atoms with E-state index in [1.807, 2.05) is 39.8 Å². The van der Waals surface area contributed by atoms with Crippen molar-refractivity contribution in [2.75, 3.05) is 0 Å². The summed E-state index contributed by atoms with van der Waals surface area (Å²) in [5.74, 6) is 0.400. The lowest BCUT2D eigenvalue weighted by atomic mass is 9.78. The average Bonchev–Trinajstić information content (AvgIpc) is 3.11. The van der Waals surface area contributed by atoms with Crippen LogP contribution in [-0.4, -0.2) is 23.5 Å². The quantitative estimate of drug-likeness (QED) is 0.529. The van der Waals surface area contributed by atoms with E-state index in [0.717, 1.165) is 27.6 Å². The summed E-state index contributed by atoms with van der Waals surface area (Å²) in [6.07, 6.45) is 2.13. The van der Waals surface area contributed by atoms with Crippen LogP contribution in [0.3, 0.4) is 0 Å². The van der Waals surface area contributed by atoms with Crippen molar-refractivity contribution in [3.63, 3.8) is 0 Å². The topological polar surface area (TPSA) is 85.3 Å². The third kappa shape index (κ3) is 3.63. The van der Waals surface area contributed by atoms with Crippen LogP contribution in [0, 0.1) is 0 Å². The van der Waals surface area contributed by atoms with Crippen molar-refractivity contribution < 1.29 is 13.5 Å². The van der Waals surface area contributed by atoms with Crippen LogP contribution < -0.4 is 5.73 Å². The molecule has 0 aliphatic heterocycles. The van der Waals surface area contributed by atoms with E-state index in [2.05, 4.69) is 26.0 Å². The third-order valence-electron chi connectivity index (χ3n) is 7.18. The number of hydrogen-bond acceptors (Lipinski definition) is 4. The second-order valence-electron chi connectivity index (χ2n) is 10.6. The molecule has 2 unspecified atom stereocenters. The molecule has 2 atom stereocenters. The van der Waals surface area contributed by atoms with Gasteiger partial charge in [-0.15, -0.1) is 0 Å². The highest BCUT2D eigenvalue weighted by molar-refractivity contribution is 7.90. The third-order valence-corrected chi connectivity index (χ3v) is 8.98. The molecule has 0 saturated heterocycles. The van der Waals surface area contributed by atoms with Gasteiger partial charge in [0.05, 0.1) is 10.4 Å². The highest BCUT2D eigenvalue weighted by Gasteiger charge is 2.39. The molecule has 0 fully saturated rings. The maximum Gasteiger partial charge on any atom is 0.268 e. The van der Waals surface area contributed by atoms with E-state index in [1.54, 1.807) is 19.2 Å². The van der Waals surface area contributed by atoms with Gasteiger partial charge in [-0.05, 0) is 65.0 Å². The van der Waals surface area contributed by atoms with Crippen molar-refractivity contribution in [1.29, 1.82) is 0 Å². The van der Waals surface area contributed by atoms with E-state index in [4.69, 9.17) is 5.73 Å². The molecule has 0 amide bonds. The molecular weight excluding hydrogens is 432 g/mol. The van der Waals surface area contributed by atoms with Gasteiger partial charge in [0.25, 0.3) is 10.0 Å². The van der Waals surface area contributed by atoms with E-state index in [0.29, 0.717) is 28.3 Å². The number of aromatic nitrogens is 1. The predicted molar refractivity (Wildman–Crippen MR) is 134 cm³/mol. The standard InChI is InChI=1S/C27H36N2O3S/c1-15(2)18-11-20(16(3)4)26(21(12-18)17(5)6)33(31,32)29-14-19-13-24(28)27(7,30)22-9-8-10-23(29)25(19)22/h8-12,14-17,24,30H,13,28H2,1-7H3. The first-order valence-corrected chi connectivity index (χ1v) is 13.3. The Balaban J connectivity index is 2.07. The molecule has 0 bridgehead atoms. The molecule has 6 heteroatoms. The molecule has 178 valence electrons. The molecule has 3 N–H and O–H groups in total. The Kier molecular flexibility index (Phi) is 5.79. The van der Waals surface area contributed by atoms with Gasteiger partial charge in [0.15, 0.2) is 0 Å². The van der Waals surface area contributed by atoms with E-state index < -0.39 is 21.7 Å². The summed E-state index contributed by atoms with van der Waals surface area (Å²) in [5.41, 5.74) is 10.1. The summed E-state index contributed by atoms with van der Waals surface area (Å²) in [4.78, 5) is 0.404. The van der Waals surface area contributed by atoms with Crippen LogP contribution >= 0.6 is 0 Å². The zero-order valence-electron chi connectivity index (χ0n) is 20.7. The molecule has 2 aromatic carbocycles. The van der Waals surface area contributed by atoms with E-state index >= 15 is 0 Å². The van der Waals surface area contributed by atoms with Gasteiger partial charge in [-0.3, -0.25) is 0 Å².